The standard InChI is InChI=1S/C15H11N3O4/c1-8-2-4-9(5-3-8)18-14(20)11(13(16)19)10-6-7-22-15(21)12(10)17-18/h2-7H,1H3,(H2,16,19). The van der Waals surface area contributed by atoms with Crippen LogP contribution in [-0.4, -0.2) is 15.7 Å². The number of aromatic nitrogens is 2. The van der Waals surface area contributed by atoms with Crippen molar-refractivity contribution in [3.8, 4) is 5.69 Å². The van der Waals surface area contributed by atoms with E-state index in [1.807, 2.05) is 6.92 Å². The van der Waals surface area contributed by atoms with Crippen LogP contribution in [0.1, 0.15) is 15.9 Å². The van der Waals surface area contributed by atoms with Gasteiger partial charge in [0.2, 0.25) is 0 Å². The van der Waals surface area contributed by atoms with Crippen LogP contribution in [0.5, 0.6) is 0 Å². The highest BCUT2D eigenvalue weighted by Crippen LogP contribution is 2.12. The zero-order valence-electron chi connectivity index (χ0n) is 11.6. The first-order valence-corrected chi connectivity index (χ1v) is 6.41. The summed E-state index contributed by atoms with van der Waals surface area (Å²) in [6.45, 7) is 1.89. The maximum Gasteiger partial charge on any atom is 0.364 e. The van der Waals surface area contributed by atoms with Gasteiger partial charge < -0.3 is 10.2 Å². The highest BCUT2D eigenvalue weighted by molar-refractivity contribution is 6.04. The van der Waals surface area contributed by atoms with Crippen molar-refractivity contribution in [1.29, 1.82) is 0 Å². The Morgan fingerprint density at radius 1 is 1.18 bits per heavy atom. The normalized spacial score (nSPS) is 10.8. The minimum absolute atomic E-state index is 0.0807. The Morgan fingerprint density at radius 2 is 1.86 bits per heavy atom. The lowest BCUT2D eigenvalue weighted by Gasteiger charge is -2.08. The van der Waals surface area contributed by atoms with Crippen LogP contribution < -0.4 is 16.9 Å². The molecule has 7 nitrogen and oxygen atoms in total. The number of hydrogen-bond donors (Lipinski definition) is 1. The summed E-state index contributed by atoms with van der Waals surface area (Å²) >= 11 is 0. The van der Waals surface area contributed by atoms with Gasteiger partial charge in [-0.15, -0.1) is 0 Å². The van der Waals surface area contributed by atoms with Crippen molar-refractivity contribution in [2.24, 2.45) is 5.73 Å². The molecule has 0 saturated carbocycles. The number of nitrogens with zero attached hydrogens (tertiary/aromatic N) is 2. The van der Waals surface area contributed by atoms with Gasteiger partial charge in [-0.25, -0.2) is 4.79 Å². The van der Waals surface area contributed by atoms with E-state index < -0.39 is 17.1 Å². The summed E-state index contributed by atoms with van der Waals surface area (Å²) in [5, 5.41) is 4.09. The van der Waals surface area contributed by atoms with Gasteiger partial charge in [0.25, 0.3) is 11.5 Å². The number of carbonyl (C=O) groups is 1. The summed E-state index contributed by atoms with van der Waals surface area (Å²) in [5.41, 5.74) is 4.85. The van der Waals surface area contributed by atoms with Gasteiger partial charge in [-0.3, -0.25) is 9.59 Å². The topological polar surface area (TPSA) is 108 Å². The monoisotopic (exact) mass is 297 g/mol. The largest absolute Gasteiger partial charge is 0.430 e. The van der Waals surface area contributed by atoms with Crippen LogP contribution in [0.25, 0.3) is 16.6 Å². The highest BCUT2D eigenvalue weighted by Gasteiger charge is 2.19. The number of hydrogen-bond acceptors (Lipinski definition) is 5. The Hall–Kier alpha value is -3.22. The molecule has 2 N–H and O–H groups in total. The zero-order valence-corrected chi connectivity index (χ0v) is 11.6. The number of nitrogens with two attached hydrogens (primary N) is 1. The average Bonchev–Trinajstić information content (AvgIpc) is 2.47. The van der Waals surface area contributed by atoms with E-state index in [9.17, 15) is 14.4 Å². The number of carbonyl (C=O) groups excluding carboxylic acids is 1. The molecule has 2 aromatic heterocycles. The third-order valence-corrected chi connectivity index (χ3v) is 3.26. The molecule has 0 aliphatic heterocycles. The third kappa shape index (κ3) is 2.08. The third-order valence-electron chi connectivity index (χ3n) is 3.26. The van der Waals surface area contributed by atoms with E-state index >= 15 is 0 Å². The predicted molar refractivity (Wildman–Crippen MR) is 79.1 cm³/mol. The average molecular weight is 297 g/mol. The van der Waals surface area contributed by atoms with E-state index in [1.54, 1.807) is 24.3 Å². The van der Waals surface area contributed by atoms with Crippen LogP contribution in [0.15, 0.2) is 50.6 Å². The second kappa shape index (κ2) is 4.96. The van der Waals surface area contributed by atoms with E-state index in [1.165, 1.54) is 6.07 Å². The molecule has 0 aliphatic carbocycles. The highest BCUT2D eigenvalue weighted by atomic mass is 16.4. The number of primary amides is 1. The summed E-state index contributed by atoms with van der Waals surface area (Å²) in [4.78, 5) is 35.9. The minimum atomic E-state index is -0.927. The maximum atomic E-state index is 12.5. The Labute approximate surface area is 123 Å². The van der Waals surface area contributed by atoms with Gasteiger partial charge in [-0.2, -0.15) is 9.78 Å². The van der Waals surface area contributed by atoms with Crippen LogP contribution in [0.3, 0.4) is 0 Å². The number of benzene rings is 1. The quantitative estimate of drug-likeness (QED) is 0.750. The molecule has 0 fully saturated rings. The van der Waals surface area contributed by atoms with Crippen molar-refractivity contribution in [2.75, 3.05) is 0 Å². The van der Waals surface area contributed by atoms with E-state index in [4.69, 9.17) is 10.2 Å². The lowest BCUT2D eigenvalue weighted by Crippen LogP contribution is -2.32. The number of aryl methyl sites for hydroxylation is 1. The van der Waals surface area contributed by atoms with Crippen molar-refractivity contribution >= 4 is 16.8 Å². The van der Waals surface area contributed by atoms with Crippen molar-refractivity contribution in [3.63, 3.8) is 0 Å². The molecule has 1 amide bonds. The number of rotatable bonds is 2. The van der Waals surface area contributed by atoms with E-state index in [0.717, 1.165) is 16.5 Å². The van der Waals surface area contributed by atoms with Gasteiger partial charge in [0.15, 0.2) is 5.52 Å². The molecule has 110 valence electrons. The van der Waals surface area contributed by atoms with Gasteiger partial charge in [-0.1, -0.05) is 17.7 Å². The van der Waals surface area contributed by atoms with Crippen LogP contribution in [-0.2, 0) is 0 Å². The smallest absolute Gasteiger partial charge is 0.364 e. The number of amides is 1. The Balaban J connectivity index is 2.46. The molecule has 0 bridgehead atoms. The Bertz CT molecular complexity index is 1000. The summed E-state index contributed by atoms with van der Waals surface area (Å²) in [7, 11) is 0. The molecule has 7 heteroatoms. The van der Waals surface area contributed by atoms with Gasteiger partial charge in [0.05, 0.1) is 12.0 Å². The van der Waals surface area contributed by atoms with Crippen molar-refractivity contribution < 1.29 is 9.21 Å². The Kier molecular flexibility index (Phi) is 3.10. The molecular weight excluding hydrogens is 286 g/mol. The van der Waals surface area contributed by atoms with Crippen LogP contribution in [0.2, 0.25) is 0 Å². The first-order valence-electron chi connectivity index (χ1n) is 6.41. The molecule has 0 saturated heterocycles. The van der Waals surface area contributed by atoms with Gasteiger partial charge in [-0.05, 0) is 25.1 Å². The van der Waals surface area contributed by atoms with Crippen LogP contribution >= 0.6 is 0 Å². The van der Waals surface area contributed by atoms with Crippen LogP contribution in [0.4, 0.5) is 0 Å². The van der Waals surface area contributed by atoms with Crippen molar-refractivity contribution in [1.82, 2.24) is 9.78 Å². The summed E-state index contributed by atoms with van der Waals surface area (Å²) in [5.74, 6) is -0.927. The fraction of sp³-hybridized carbons (Fsp3) is 0.0667. The second-order valence-corrected chi connectivity index (χ2v) is 4.76. The molecular formula is C15H11N3O4. The predicted octanol–water partition coefficient (Wildman–Crippen LogP) is 0.746. The fourth-order valence-electron chi connectivity index (χ4n) is 2.17. The number of fused-ring (bicyclic) bond motifs is 1. The molecule has 0 atom stereocenters. The van der Waals surface area contributed by atoms with E-state index in [0.29, 0.717) is 5.69 Å². The lowest BCUT2D eigenvalue weighted by molar-refractivity contribution is 0.1000. The van der Waals surface area contributed by atoms with Gasteiger partial charge >= 0.3 is 5.63 Å². The molecule has 0 spiro atoms. The maximum absolute atomic E-state index is 12.5. The van der Waals surface area contributed by atoms with E-state index in [2.05, 4.69) is 5.10 Å². The van der Waals surface area contributed by atoms with E-state index in [-0.39, 0.29) is 16.5 Å². The molecule has 2 heterocycles. The molecule has 3 aromatic rings. The van der Waals surface area contributed by atoms with Gasteiger partial charge in [0.1, 0.15) is 5.56 Å². The molecule has 3 rings (SSSR count). The zero-order chi connectivity index (χ0) is 15.9. The summed E-state index contributed by atoms with van der Waals surface area (Å²) < 4.78 is 5.71. The molecule has 0 aliphatic rings. The lowest BCUT2D eigenvalue weighted by atomic mass is 10.1. The first-order chi connectivity index (χ1) is 10.5. The minimum Gasteiger partial charge on any atom is -0.430 e. The molecule has 1 aromatic carbocycles. The SMILES string of the molecule is Cc1ccc(-n2nc3c(=O)occc3c(C(N)=O)c2=O)cc1. The van der Waals surface area contributed by atoms with Crippen molar-refractivity contribution in [2.45, 2.75) is 6.92 Å². The van der Waals surface area contributed by atoms with Crippen molar-refractivity contribution in [3.05, 3.63) is 68.5 Å². The second-order valence-electron chi connectivity index (χ2n) is 4.76. The molecule has 0 radical (unpaired) electrons. The molecule has 22 heavy (non-hydrogen) atoms. The van der Waals surface area contributed by atoms with Gasteiger partial charge in [0, 0.05) is 5.39 Å². The fourth-order valence-corrected chi connectivity index (χ4v) is 2.17. The Morgan fingerprint density at radius 3 is 2.50 bits per heavy atom. The first kappa shape index (κ1) is 13.7. The molecule has 0 unspecified atom stereocenters. The summed E-state index contributed by atoms with van der Waals surface area (Å²) in [6.07, 6.45) is 1.09. The summed E-state index contributed by atoms with van der Waals surface area (Å²) in [6, 6.07) is 8.20. The van der Waals surface area contributed by atoms with Crippen LogP contribution in [0, 0.1) is 6.92 Å².